The van der Waals surface area contributed by atoms with E-state index in [1.807, 2.05) is 58.0 Å². The lowest BCUT2D eigenvalue weighted by Gasteiger charge is -2.43. The Morgan fingerprint density at radius 3 is 2.10 bits per heavy atom. The second kappa shape index (κ2) is 14.0. The van der Waals surface area contributed by atoms with Crippen molar-refractivity contribution in [3.05, 3.63) is 71.3 Å². The molecule has 2 aromatic carbocycles. The van der Waals surface area contributed by atoms with Crippen molar-refractivity contribution in [1.29, 1.82) is 0 Å². The molecule has 0 saturated heterocycles. The molecule has 0 aliphatic carbocycles. The molecule has 216 valence electrons. The van der Waals surface area contributed by atoms with Crippen molar-refractivity contribution in [2.24, 2.45) is 0 Å². The van der Waals surface area contributed by atoms with Crippen LogP contribution in [0.5, 0.6) is 0 Å². The predicted octanol–water partition coefficient (Wildman–Crippen LogP) is 5.78. The monoisotopic (exact) mass is 547 g/mol. The third-order valence-electron chi connectivity index (χ3n) is 6.26. The summed E-state index contributed by atoms with van der Waals surface area (Å²) in [5, 5.41) is 5.87. The van der Waals surface area contributed by atoms with Crippen molar-refractivity contribution in [3.8, 4) is 12.3 Å². The third kappa shape index (κ3) is 9.44. The number of nitrogens with one attached hydrogen (secondary N) is 2. The summed E-state index contributed by atoms with van der Waals surface area (Å²) in [5.74, 6) is 1.92. The zero-order chi connectivity index (χ0) is 30.1. The fraction of sp³-hybridized carbons (Fsp3) is 0.485. The largest absolute Gasteiger partial charge is 0.444 e. The summed E-state index contributed by atoms with van der Waals surface area (Å²) in [6.07, 6.45) is 7.04. The zero-order valence-corrected chi connectivity index (χ0v) is 25.2. The lowest BCUT2D eigenvalue weighted by atomic mass is 9.91. The Bertz CT molecular complexity index is 1190. The summed E-state index contributed by atoms with van der Waals surface area (Å²) >= 11 is 0. The maximum absolute atomic E-state index is 14.5. The molecule has 0 saturated carbocycles. The second-order valence-electron chi connectivity index (χ2n) is 12.1. The van der Waals surface area contributed by atoms with Crippen LogP contribution in [0.25, 0.3) is 0 Å². The van der Waals surface area contributed by atoms with Crippen LogP contribution >= 0.6 is 0 Å². The van der Waals surface area contributed by atoms with Crippen LogP contribution in [-0.2, 0) is 20.7 Å². The van der Waals surface area contributed by atoms with E-state index in [1.54, 1.807) is 49.9 Å². The minimum Gasteiger partial charge on any atom is -0.444 e. The molecule has 2 N–H and O–H groups in total. The summed E-state index contributed by atoms with van der Waals surface area (Å²) in [7, 11) is 0. The minimum atomic E-state index is -1.03. The molecular formula is C33H45N3O4. The Kier molecular flexibility index (Phi) is 11.4. The zero-order valence-electron chi connectivity index (χ0n) is 25.2. The predicted molar refractivity (Wildman–Crippen MR) is 160 cm³/mol. The highest BCUT2D eigenvalue weighted by atomic mass is 16.6. The first-order valence-electron chi connectivity index (χ1n) is 13.9. The van der Waals surface area contributed by atoms with Gasteiger partial charge in [0, 0.05) is 23.6 Å². The molecule has 0 spiro atoms. The number of carbonyl (C=O) groups excluding carboxylic acids is 3. The second-order valence-corrected chi connectivity index (χ2v) is 12.1. The quantitative estimate of drug-likeness (QED) is 0.369. The highest BCUT2D eigenvalue weighted by molar-refractivity contribution is 5.93. The van der Waals surface area contributed by atoms with Gasteiger partial charge in [0.2, 0.25) is 11.8 Å². The Morgan fingerprint density at radius 2 is 1.55 bits per heavy atom. The number of alkyl carbamates (subject to hydrolysis) is 1. The van der Waals surface area contributed by atoms with Crippen LogP contribution in [-0.4, -0.2) is 46.0 Å². The third-order valence-corrected chi connectivity index (χ3v) is 6.26. The van der Waals surface area contributed by atoms with E-state index < -0.39 is 35.2 Å². The van der Waals surface area contributed by atoms with Crippen LogP contribution in [0.4, 0.5) is 4.79 Å². The van der Waals surface area contributed by atoms with Gasteiger partial charge in [0.25, 0.3) is 0 Å². The molecule has 0 aliphatic heterocycles. The van der Waals surface area contributed by atoms with Gasteiger partial charge in [-0.25, -0.2) is 4.79 Å². The summed E-state index contributed by atoms with van der Waals surface area (Å²) < 4.78 is 5.50. The van der Waals surface area contributed by atoms with E-state index in [4.69, 9.17) is 11.2 Å². The van der Waals surface area contributed by atoms with Crippen molar-refractivity contribution in [1.82, 2.24) is 15.5 Å². The maximum Gasteiger partial charge on any atom is 0.408 e. The number of terminal acetylenes is 1. The minimum absolute atomic E-state index is 0.102. The number of amides is 3. The van der Waals surface area contributed by atoms with Gasteiger partial charge in [-0.1, -0.05) is 67.8 Å². The highest BCUT2D eigenvalue weighted by Crippen LogP contribution is 2.32. The molecule has 7 nitrogen and oxygen atoms in total. The van der Waals surface area contributed by atoms with Gasteiger partial charge in [-0.05, 0) is 72.1 Å². The van der Waals surface area contributed by atoms with Gasteiger partial charge in [-0.15, -0.1) is 6.42 Å². The average Bonchev–Trinajstić information content (AvgIpc) is 2.85. The fourth-order valence-electron chi connectivity index (χ4n) is 4.60. The van der Waals surface area contributed by atoms with E-state index >= 15 is 0 Å². The van der Waals surface area contributed by atoms with Crippen LogP contribution in [0, 0.1) is 12.3 Å². The molecule has 3 atom stereocenters. The molecule has 2 rings (SSSR count). The Labute approximate surface area is 240 Å². The van der Waals surface area contributed by atoms with Crippen LogP contribution in [0.15, 0.2) is 54.6 Å². The molecule has 0 radical (unpaired) electrons. The molecule has 3 unspecified atom stereocenters. The Hall–Kier alpha value is -3.79. The number of nitrogens with zero attached hydrogens (tertiary/aromatic N) is 1. The summed E-state index contributed by atoms with van der Waals surface area (Å²) in [4.78, 5) is 43.0. The van der Waals surface area contributed by atoms with Gasteiger partial charge >= 0.3 is 6.09 Å². The summed E-state index contributed by atoms with van der Waals surface area (Å²) in [5.41, 5.74) is 0.349. The molecule has 0 aliphatic rings. The fourth-order valence-corrected chi connectivity index (χ4v) is 4.60. The van der Waals surface area contributed by atoms with Crippen molar-refractivity contribution in [2.45, 2.75) is 104 Å². The summed E-state index contributed by atoms with van der Waals surface area (Å²) in [6.45, 7) is 14.9. The van der Waals surface area contributed by atoms with Crippen LogP contribution < -0.4 is 10.6 Å². The van der Waals surface area contributed by atoms with Crippen LogP contribution in [0.3, 0.4) is 0 Å². The van der Waals surface area contributed by atoms with Gasteiger partial charge in [0.05, 0.1) is 0 Å². The molecule has 0 aromatic heterocycles. The Morgan fingerprint density at radius 1 is 0.950 bits per heavy atom. The van der Waals surface area contributed by atoms with Crippen molar-refractivity contribution in [3.63, 3.8) is 0 Å². The lowest BCUT2D eigenvalue weighted by Crippen LogP contribution is -2.59. The standard InChI is InChI=1S/C33H45N3O4/c1-10-17-23(3)34-29(37)28(26-21-16-15-20-25(26)11-2)36(32(4,5)6)30(38)27(22-24-18-13-12-14-19-24)35-31(39)40-33(7,8)9/h2,12-16,18-21,23,27-28H,10,17,22H2,1,3-9H3,(H,34,37)(H,35,39). The molecule has 0 fully saturated rings. The van der Waals surface area contributed by atoms with E-state index in [9.17, 15) is 14.4 Å². The van der Waals surface area contributed by atoms with E-state index in [0.29, 0.717) is 11.1 Å². The van der Waals surface area contributed by atoms with E-state index in [0.717, 1.165) is 18.4 Å². The van der Waals surface area contributed by atoms with Crippen molar-refractivity contribution in [2.75, 3.05) is 0 Å². The molecular weight excluding hydrogens is 502 g/mol. The van der Waals surface area contributed by atoms with E-state index in [1.165, 1.54) is 0 Å². The number of rotatable bonds is 10. The molecule has 7 heteroatoms. The van der Waals surface area contributed by atoms with Crippen molar-refractivity contribution >= 4 is 17.9 Å². The first-order valence-corrected chi connectivity index (χ1v) is 13.9. The average molecular weight is 548 g/mol. The molecule has 0 heterocycles. The molecule has 0 bridgehead atoms. The SMILES string of the molecule is C#Cc1ccccc1C(C(=O)NC(C)CCC)N(C(=O)C(Cc1ccccc1)NC(=O)OC(C)(C)C)C(C)(C)C. The lowest BCUT2D eigenvalue weighted by molar-refractivity contribution is -0.148. The number of ether oxygens (including phenoxy) is 1. The van der Waals surface area contributed by atoms with E-state index in [-0.39, 0.29) is 18.4 Å². The van der Waals surface area contributed by atoms with Gasteiger partial charge in [-0.2, -0.15) is 0 Å². The number of hydrogen-bond donors (Lipinski definition) is 2. The van der Waals surface area contributed by atoms with Gasteiger partial charge in [-0.3, -0.25) is 9.59 Å². The highest BCUT2D eigenvalue weighted by Gasteiger charge is 2.42. The Balaban J connectivity index is 2.66. The van der Waals surface area contributed by atoms with Gasteiger partial charge < -0.3 is 20.3 Å². The topological polar surface area (TPSA) is 87.7 Å². The first kappa shape index (κ1) is 32.4. The normalized spacial score (nSPS) is 13.8. The van der Waals surface area contributed by atoms with Gasteiger partial charge in [0.15, 0.2) is 0 Å². The van der Waals surface area contributed by atoms with Gasteiger partial charge in [0.1, 0.15) is 17.7 Å². The summed E-state index contributed by atoms with van der Waals surface area (Å²) in [6, 6.07) is 14.4. The molecule has 3 amide bonds. The smallest absolute Gasteiger partial charge is 0.408 e. The van der Waals surface area contributed by atoms with E-state index in [2.05, 4.69) is 23.5 Å². The maximum atomic E-state index is 14.5. The van der Waals surface area contributed by atoms with Crippen molar-refractivity contribution < 1.29 is 19.1 Å². The van der Waals surface area contributed by atoms with Crippen LogP contribution in [0.2, 0.25) is 0 Å². The number of hydrogen-bond acceptors (Lipinski definition) is 4. The number of benzene rings is 2. The molecule has 40 heavy (non-hydrogen) atoms. The number of carbonyl (C=O) groups is 3. The molecule has 2 aromatic rings. The van der Waals surface area contributed by atoms with Crippen LogP contribution in [0.1, 0.15) is 91.0 Å². The first-order chi connectivity index (χ1) is 18.7.